The number of esters is 1. The van der Waals surface area contributed by atoms with Gasteiger partial charge in [0.1, 0.15) is 6.42 Å². The Labute approximate surface area is 199 Å². The summed E-state index contributed by atoms with van der Waals surface area (Å²) in [5.41, 5.74) is 0. The van der Waals surface area contributed by atoms with Gasteiger partial charge in [-0.05, 0) is 12.8 Å². The van der Waals surface area contributed by atoms with E-state index < -0.39 is 5.97 Å². The molecule has 1 heterocycles. The predicted octanol–water partition coefficient (Wildman–Crippen LogP) is 6.12. The molecule has 0 spiro atoms. The smallest absolute Gasteiger partial charge is 0.321 e. The SMILES string of the molecule is CCCCCCCCCCCCOc1nc(COC(=O)CC#N)nc(NCCCCCC)n1. The molecular weight excluding hydrogens is 418 g/mol. The molecule has 0 bridgehead atoms. The number of carbonyl (C=O) groups excluding carboxylic acids is 1. The van der Waals surface area contributed by atoms with Crippen LogP contribution in [-0.2, 0) is 16.1 Å². The Bertz CT molecular complexity index is 678. The fourth-order valence-electron chi connectivity index (χ4n) is 3.37. The number of unbranched alkanes of at least 4 members (excludes halogenated alkanes) is 12. The van der Waals surface area contributed by atoms with Crippen LogP contribution < -0.4 is 10.1 Å². The highest BCUT2D eigenvalue weighted by Crippen LogP contribution is 2.13. The number of anilines is 1. The molecule has 0 aromatic carbocycles. The molecule has 0 fully saturated rings. The first-order valence-electron chi connectivity index (χ1n) is 12.8. The lowest BCUT2D eigenvalue weighted by atomic mass is 10.1. The summed E-state index contributed by atoms with van der Waals surface area (Å²) >= 11 is 0. The number of ether oxygens (including phenoxy) is 2. The van der Waals surface area contributed by atoms with E-state index in [2.05, 4.69) is 34.1 Å². The van der Waals surface area contributed by atoms with Crippen molar-refractivity contribution in [3.63, 3.8) is 0 Å². The summed E-state index contributed by atoms with van der Waals surface area (Å²) in [5, 5.41) is 11.8. The lowest BCUT2D eigenvalue weighted by Gasteiger charge is -2.10. The fourth-order valence-corrected chi connectivity index (χ4v) is 3.37. The molecule has 0 saturated heterocycles. The maximum Gasteiger partial charge on any atom is 0.321 e. The third kappa shape index (κ3) is 15.9. The van der Waals surface area contributed by atoms with E-state index in [-0.39, 0.29) is 19.0 Å². The molecule has 0 aliphatic carbocycles. The lowest BCUT2D eigenvalue weighted by molar-refractivity contribution is -0.143. The number of hydrogen-bond acceptors (Lipinski definition) is 8. The van der Waals surface area contributed by atoms with Crippen LogP contribution in [0, 0.1) is 11.3 Å². The van der Waals surface area contributed by atoms with Gasteiger partial charge in [-0.3, -0.25) is 4.79 Å². The van der Waals surface area contributed by atoms with Gasteiger partial charge in [-0.2, -0.15) is 20.2 Å². The van der Waals surface area contributed by atoms with Crippen molar-refractivity contribution in [2.75, 3.05) is 18.5 Å². The molecule has 0 radical (unpaired) electrons. The minimum atomic E-state index is -0.597. The first-order valence-corrected chi connectivity index (χ1v) is 12.8. The first kappa shape index (κ1) is 28.6. The molecule has 0 unspecified atom stereocenters. The van der Waals surface area contributed by atoms with E-state index >= 15 is 0 Å². The summed E-state index contributed by atoms with van der Waals surface area (Å²) in [6, 6.07) is 2.01. The van der Waals surface area contributed by atoms with Crippen LogP contribution in [0.4, 0.5) is 5.95 Å². The number of aromatic nitrogens is 3. The van der Waals surface area contributed by atoms with Crippen molar-refractivity contribution in [2.45, 2.75) is 117 Å². The second-order valence-corrected chi connectivity index (χ2v) is 8.37. The Morgan fingerprint density at radius 1 is 0.848 bits per heavy atom. The van der Waals surface area contributed by atoms with Gasteiger partial charge in [0.2, 0.25) is 5.95 Å². The van der Waals surface area contributed by atoms with Crippen LogP contribution in [-0.4, -0.2) is 34.1 Å². The normalized spacial score (nSPS) is 10.6. The predicted molar refractivity (Wildman–Crippen MR) is 130 cm³/mol. The van der Waals surface area contributed by atoms with E-state index in [0.29, 0.717) is 18.4 Å². The molecule has 0 amide bonds. The van der Waals surface area contributed by atoms with Gasteiger partial charge in [-0.1, -0.05) is 90.9 Å². The molecule has 1 rings (SSSR count). The first-order chi connectivity index (χ1) is 16.2. The van der Waals surface area contributed by atoms with Crippen molar-refractivity contribution in [1.82, 2.24) is 15.0 Å². The molecule has 0 aliphatic rings. The molecule has 1 aromatic rings. The van der Waals surface area contributed by atoms with Crippen molar-refractivity contribution in [1.29, 1.82) is 5.26 Å². The highest BCUT2D eigenvalue weighted by atomic mass is 16.5. The van der Waals surface area contributed by atoms with Gasteiger partial charge >= 0.3 is 12.0 Å². The lowest BCUT2D eigenvalue weighted by Crippen LogP contribution is -2.13. The van der Waals surface area contributed by atoms with Crippen LogP contribution in [0.15, 0.2) is 0 Å². The Hall–Kier alpha value is -2.43. The van der Waals surface area contributed by atoms with Gasteiger partial charge in [-0.25, -0.2) is 0 Å². The van der Waals surface area contributed by atoms with Crippen molar-refractivity contribution < 1.29 is 14.3 Å². The largest absolute Gasteiger partial charge is 0.463 e. The van der Waals surface area contributed by atoms with E-state index in [1.54, 1.807) is 6.07 Å². The Kier molecular flexibility index (Phi) is 17.5. The Balaban J connectivity index is 2.40. The number of carbonyl (C=O) groups is 1. The molecule has 0 atom stereocenters. The van der Waals surface area contributed by atoms with Crippen molar-refractivity contribution in [2.24, 2.45) is 0 Å². The highest BCUT2D eigenvalue weighted by Gasteiger charge is 2.10. The topological polar surface area (TPSA) is 110 Å². The molecule has 8 heteroatoms. The van der Waals surface area contributed by atoms with Crippen LogP contribution in [0.2, 0.25) is 0 Å². The second kappa shape index (κ2) is 20.2. The quantitative estimate of drug-likeness (QED) is 0.172. The van der Waals surface area contributed by atoms with E-state index in [9.17, 15) is 4.79 Å². The van der Waals surface area contributed by atoms with Gasteiger partial charge in [-0.15, -0.1) is 0 Å². The number of hydrogen-bond donors (Lipinski definition) is 1. The maximum absolute atomic E-state index is 11.5. The summed E-state index contributed by atoms with van der Waals surface area (Å²) in [5.74, 6) is 0.135. The number of nitriles is 1. The summed E-state index contributed by atoms with van der Waals surface area (Å²) in [4.78, 5) is 24.4. The molecule has 0 saturated carbocycles. The summed E-state index contributed by atoms with van der Waals surface area (Å²) < 4.78 is 10.8. The average Bonchev–Trinajstić information content (AvgIpc) is 2.81. The monoisotopic (exact) mass is 461 g/mol. The Morgan fingerprint density at radius 2 is 1.45 bits per heavy atom. The van der Waals surface area contributed by atoms with Crippen LogP contribution in [0.25, 0.3) is 0 Å². The van der Waals surface area contributed by atoms with Crippen molar-refractivity contribution >= 4 is 11.9 Å². The molecule has 33 heavy (non-hydrogen) atoms. The Morgan fingerprint density at radius 3 is 2.09 bits per heavy atom. The van der Waals surface area contributed by atoms with Crippen molar-refractivity contribution in [3.05, 3.63) is 5.82 Å². The van der Waals surface area contributed by atoms with Gasteiger partial charge < -0.3 is 14.8 Å². The summed E-state index contributed by atoms with van der Waals surface area (Å²) in [6.45, 7) is 5.62. The molecule has 1 aromatic heterocycles. The van der Waals surface area contributed by atoms with Crippen LogP contribution >= 0.6 is 0 Å². The zero-order valence-corrected chi connectivity index (χ0v) is 20.7. The number of nitrogens with one attached hydrogen (secondary N) is 1. The fraction of sp³-hybridized carbons (Fsp3) is 0.800. The zero-order chi connectivity index (χ0) is 24.0. The zero-order valence-electron chi connectivity index (χ0n) is 20.7. The average molecular weight is 462 g/mol. The maximum atomic E-state index is 11.5. The number of nitrogens with zero attached hydrogens (tertiary/aromatic N) is 4. The standard InChI is InChI=1S/C25H43N5O3/c1-3-5-7-9-10-11-12-13-14-16-20-32-25-29-22(21-33-23(31)17-18-26)28-24(30-25)27-19-15-8-6-4-2/h3-17,19-21H2,1-2H3,(H,27,28,29,30). The summed E-state index contributed by atoms with van der Waals surface area (Å²) in [7, 11) is 0. The summed E-state index contributed by atoms with van der Waals surface area (Å²) in [6.07, 6.45) is 16.9. The third-order valence-electron chi connectivity index (χ3n) is 5.29. The van der Waals surface area contributed by atoms with E-state index in [4.69, 9.17) is 14.7 Å². The van der Waals surface area contributed by atoms with Crippen molar-refractivity contribution in [3.8, 4) is 12.1 Å². The van der Waals surface area contributed by atoms with Gasteiger partial charge in [0.05, 0.1) is 12.7 Å². The van der Waals surface area contributed by atoms with Crippen LogP contribution in [0.1, 0.15) is 116 Å². The van der Waals surface area contributed by atoms with Gasteiger partial charge in [0, 0.05) is 6.54 Å². The molecule has 8 nitrogen and oxygen atoms in total. The minimum Gasteiger partial charge on any atom is -0.463 e. The van der Waals surface area contributed by atoms with E-state index in [1.807, 2.05) is 0 Å². The number of rotatable bonds is 21. The molecule has 1 N–H and O–H groups in total. The van der Waals surface area contributed by atoms with E-state index in [0.717, 1.165) is 32.2 Å². The molecule has 186 valence electrons. The second-order valence-electron chi connectivity index (χ2n) is 8.37. The van der Waals surface area contributed by atoms with Gasteiger partial charge in [0.15, 0.2) is 12.4 Å². The third-order valence-corrected chi connectivity index (χ3v) is 5.29. The van der Waals surface area contributed by atoms with E-state index in [1.165, 1.54) is 64.2 Å². The minimum absolute atomic E-state index is 0.109. The molecular formula is C25H43N5O3. The highest BCUT2D eigenvalue weighted by molar-refractivity contribution is 5.71. The van der Waals surface area contributed by atoms with Gasteiger partial charge in [0.25, 0.3) is 0 Å². The van der Waals surface area contributed by atoms with Crippen LogP contribution in [0.3, 0.4) is 0 Å². The molecule has 0 aliphatic heterocycles. The van der Waals surface area contributed by atoms with Crippen LogP contribution in [0.5, 0.6) is 6.01 Å².